The molecule has 0 aromatic heterocycles. The second-order valence-corrected chi connectivity index (χ2v) is 5.44. The lowest BCUT2D eigenvalue weighted by Crippen LogP contribution is -2.69. The first-order valence-electron chi connectivity index (χ1n) is 5.65. The van der Waals surface area contributed by atoms with Gasteiger partial charge in [-0.25, -0.2) is 0 Å². The van der Waals surface area contributed by atoms with Crippen LogP contribution in [0.3, 0.4) is 0 Å². The van der Waals surface area contributed by atoms with Crippen LogP contribution in [0.15, 0.2) is 0 Å². The molecule has 2 aliphatic heterocycles. The molecule has 0 radical (unpaired) electrons. The molecule has 3 nitrogen and oxygen atoms in total. The van der Waals surface area contributed by atoms with Crippen molar-refractivity contribution in [3.63, 3.8) is 0 Å². The summed E-state index contributed by atoms with van der Waals surface area (Å²) in [5, 5.41) is 3.71. The summed E-state index contributed by atoms with van der Waals surface area (Å²) in [6, 6.07) is 1.24. The van der Waals surface area contributed by atoms with Crippen LogP contribution in [0.25, 0.3) is 0 Å². The second kappa shape index (κ2) is 2.94. The fraction of sp³-hybridized carbons (Fsp3) is 1.00. The van der Waals surface area contributed by atoms with Crippen molar-refractivity contribution in [3.8, 4) is 0 Å². The molecule has 14 heavy (non-hydrogen) atoms. The molecular formula is C11H19NO2. The Morgan fingerprint density at radius 1 is 1.29 bits per heavy atom. The van der Waals surface area contributed by atoms with E-state index in [1.807, 2.05) is 0 Å². The Kier molecular flexibility index (Phi) is 1.92. The van der Waals surface area contributed by atoms with E-state index in [1.54, 1.807) is 0 Å². The third-order valence-electron chi connectivity index (χ3n) is 4.15. The molecule has 80 valence electrons. The first-order chi connectivity index (χ1) is 6.69. The number of fused-ring (bicyclic) bond motifs is 1. The van der Waals surface area contributed by atoms with Gasteiger partial charge in [0.2, 0.25) is 0 Å². The molecule has 0 amide bonds. The minimum Gasteiger partial charge on any atom is -0.378 e. The average molecular weight is 197 g/mol. The van der Waals surface area contributed by atoms with Crippen molar-refractivity contribution in [2.45, 2.75) is 38.5 Å². The lowest BCUT2D eigenvalue weighted by atomic mass is 9.57. The Morgan fingerprint density at radius 3 is 2.71 bits per heavy atom. The summed E-state index contributed by atoms with van der Waals surface area (Å²) in [6.07, 6.45) is 1.74. The molecule has 3 fully saturated rings. The molecule has 3 atom stereocenters. The molecule has 0 spiro atoms. The Morgan fingerprint density at radius 2 is 2.07 bits per heavy atom. The van der Waals surface area contributed by atoms with Gasteiger partial charge in [-0.3, -0.25) is 0 Å². The van der Waals surface area contributed by atoms with Crippen LogP contribution < -0.4 is 5.32 Å². The zero-order chi connectivity index (χ0) is 9.76. The quantitative estimate of drug-likeness (QED) is 0.710. The second-order valence-electron chi connectivity index (χ2n) is 5.44. The average Bonchev–Trinajstić information content (AvgIpc) is 2.47. The maximum absolute atomic E-state index is 5.76. The zero-order valence-corrected chi connectivity index (χ0v) is 8.95. The lowest BCUT2D eigenvalue weighted by Gasteiger charge is -2.56. The Hall–Kier alpha value is -0.120. The smallest absolute Gasteiger partial charge is 0.0685 e. The fourth-order valence-corrected chi connectivity index (χ4v) is 3.25. The van der Waals surface area contributed by atoms with Gasteiger partial charge in [0.25, 0.3) is 0 Å². The van der Waals surface area contributed by atoms with Crippen LogP contribution >= 0.6 is 0 Å². The van der Waals surface area contributed by atoms with Gasteiger partial charge in [0.15, 0.2) is 0 Å². The van der Waals surface area contributed by atoms with Crippen molar-refractivity contribution in [3.05, 3.63) is 0 Å². The highest BCUT2D eigenvalue weighted by Gasteiger charge is 2.59. The van der Waals surface area contributed by atoms with Crippen LogP contribution in [0, 0.1) is 11.3 Å². The standard InChI is InChI=1S/C11H19NO2/c1-11(2)9(12-7-5-13-6-7)8-3-4-14-10(8)11/h7-10,12H,3-6H2,1-2H3. The Balaban J connectivity index is 1.66. The third kappa shape index (κ3) is 1.09. The van der Waals surface area contributed by atoms with Crippen LogP contribution in [0.5, 0.6) is 0 Å². The molecule has 1 N–H and O–H groups in total. The molecule has 2 heterocycles. The normalized spacial score (nSPS) is 45.4. The van der Waals surface area contributed by atoms with Gasteiger partial charge < -0.3 is 14.8 Å². The summed E-state index contributed by atoms with van der Waals surface area (Å²) in [7, 11) is 0. The number of ether oxygens (including phenoxy) is 2. The van der Waals surface area contributed by atoms with Crippen molar-refractivity contribution in [1.29, 1.82) is 0 Å². The highest BCUT2D eigenvalue weighted by molar-refractivity contribution is 5.12. The molecule has 2 saturated heterocycles. The van der Waals surface area contributed by atoms with E-state index < -0.39 is 0 Å². The van der Waals surface area contributed by atoms with Crippen molar-refractivity contribution in [2.24, 2.45) is 11.3 Å². The van der Waals surface area contributed by atoms with E-state index in [9.17, 15) is 0 Å². The van der Waals surface area contributed by atoms with E-state index in [1.165, 1.54) is 6.42 Å². The maximum atomic E-state index is 5.76. The van der Waals surface area contributed by atoms with E-state index in [-0.39, 0.29) is 0 Å². The molecule has 3 heteroatoms. The summed E-state index contributed by atoms with van der Waals surface area (Å²) in [5.74, 6) is 0.755. The first kappa shape index (κ1) is 9.13. The number of rotatable bonds is 2. The van der Waals surface area contributed by atoms with Gasteiger partial charge in [-0.2, -0.15) is 0 Å². The van der Waals surface area contributed by atoms with E-state index in [0.717, 1.165) is 25.7 Å². The monoisotopic (exact) mass is 197 g/mol. The van der Waals surface area contributed by atoms with Crippen LogP contribution in [-0.4, -0.2) is 38.0 Å². The molecule has 1 aliphatic carbocycles. The van der Waals surface area contributed by atoms with Gasteiger partial charge in [0.05, 0.1) is 25.4 Å². The van der Waals surface area contributed by atoms with Gasteiger partial charge in [-0.05, 0) is 6.42 Å². The lowest BCUT2D eigenvalue weighted by molar-refractivity contribution is -0.129. The molecule has 0 aromatic carbocycles. The number of hydrogen-bond donors (Lipinski definition) is 1. The van der Waals surface area contributed by atoms with Crippen molar-refractivity contribution < 1.29 is 9.47 Å². The molecule has 0 aromatic rings. The topological polar surface area (TPSA) is 30.5 Å². The number of nitrogens with one attached hydrogen (secondary N) is 1. The van der Waals surface area contributed by atoms with E-state index in [0.29, 0.717) is 23.6 Å². The molecular weight excluding hydrogens is 178 g/mol. The molecule has 3 unspecified atom stereocenters. The maximum Gasteiger partial charge on any atom is 0.0685 e. The van der Waals surface area contributed by atoms with Crippen LogP contribution in [0.2, 0.25) is 0 Å². The van der Waals surface area contributed by atoms with E-state index in [4.69, 9.17) is 9.47 Å². The SMILES string of the molecule is CC1(C)C(NC2COC2)C2CCOC21. The van der Waals surface area contributed by atoms with E-state index in [2.05, 4.69) is 19.2 Å². The zero-order valence-electron chi connectivity index (χ0n) is 8.95. The summed E-state index contributed by atoms with van der Waals surface area (Å²) < 4.78 is 10.9. The third-order valence-corrected chi connectivity index (χ3v) is 4.15. The van der Waals surface area contributed by atoms with Gasteiger partial charge in [-0.1, -0.05) is 13.8 Å². The minimum absolute atomic E-state index is 0.316. The Bertz CT molecular complexity index is 237. The highest BCUT2D eigenvalue weighted by atomic mass is 16.5. The predicted octanol–water partition coefficient (Wildman–Crippen LogP) is 0.788. The van der Waals surface area contributed by atoms with Gasteiger partial charge in [0, 0.05) is 24.0 Å². The molecule has 3 rings (SSSR count). The molecule has 3 aliphatic rings. The van der Waals surface area contributed by atoms with Crippen LogP contribution in [0.4, 0.5) is 0 Å². The van der Waals surface area contributed by atoms with Crippen LogP contribution in [-0.2, 0) is 9.47 Å². The predicted molar refractivity (Wildman–Crippen MR) is 53.2 cm³/mol. The fourth-order valence-electron chi connectivity index (χ4n) is 3.25. The van der Waals surface area contributed by atoms with Crippen molar-refractivity contribution in [2.75, 3.05) is 19.8 Å². The molecule has 1 saturated carbocycles. The van der Waals surface area contributed by atoms with Gasteiger partial charge in [-0.15, -0.1) is 0 Å². The molecule has 0 bridgehead atoms. The number of hydrogen-bond acceptors (Lipinski definition) is 3. The summed E-state index contributed by atoms with van der Waals surface area (Å²) in [5.41, 5.74) is 0.316. The summed E-state index contributed by atoms with van der Waals surface area (Å²) in [4.78, 5) is 0. The largest absolute Gasteiger partial charge is 0.378 e. The van der Waals surface area contributed by atoms with Crippen molar-refractivity contribution in [1.82, 2.24) is 5.32 Å². The van der Waals surface area contributed by atoms with Gasteiger partial charge >= 0.3 is 0 Å². The minimum atomic E-state index is 0.316. The van der Waals surface area contributed by atoms with Crippen molar-refractivity contribution >= 4 is 0 Å². The first-order valence-corrected chi connectivity index (χ1v) is 5.65. The van der Waals surface area contributed by atoms with Gasteiger partial charge in [0.1, 0.15) is 0 Å². The van der Waals surface area contributed by atoms with Crippen LogP contribution in [0.1, 0.15) is 20.3 Å². The summed E-state index contributed by atoms with van der Waals surface area (Å²) in [6.45, 7) is 7.38. The van der Waals surface area contributed by atoms with E-state index >= 15 is 0 Å². The summed E-state index contributed by atoms with van der Waals surface area (Å²) >= 11 is 0. The Labute approximate surface area is 85.1 Å². The highest BCUT2D eigenvalue weighted by Crippen LogP contribution is 2.52.